The first kappa shape index (κ1) is 19.7. The number of nitrogens with one attached hydrogen (secondary N) is 2. The molecule has 6 nitrogen and oxygen atoms in total. The van der Waals surface area contributed by atoms with Crippen LogP contribution in [0.2, 0.25) is 0 Å². The quantitative estimate of drug-likeness (QED) is 0.602. The van der Waals surface area contributed by atoms with Crippen molar-refractivity contribution in [3.05, 3.63) is 42.1 Å². The summed E-state index contributed by atoms with van der Waals surface area (Å²) in [5.41, 5.74) is 1.88. The largest absolute Gasteiger partial charge is 0.394 e. The average molecular weight is 357 g/mol. The van der Waals surface area contributed by atoms with Crippen LogP contribution < -0.4 is 5.32 Å². The van der Waals surface area contributed by atoms with Crippen molar-refractivity contribution < 1.29 is 14.7 Å². The van der Waals surface area contributed by atoms with Crippen molar-refractivity contribution in [2.75, 3.05) is 19.7 Å². The summed E-state index contributed by atoms with van der Waals surface area (Å²) in [5.74, 6) is -0.652. The highest BCUT2D eigenvalue weighted by Gasteiger charge is 2.23. The number of fused-ring (bicyclic) bond motifs is 1. The van der Waals surface area contributed by atoms with Gasteiger partial charge in [0.15, 0.2) is 0 Å². The van der Waals surface area contributed by atoms with E-state index in [0.717, 1.165) is 29.3 Å². The van der Waals surface area contributed by atoms with Crippen molar-refractivity contribution >= 4 is 28.8 Å². The Balaban J connectivity index is 2.03. The number of hydrogen-bond donors (Lipinski definition) is 3. The van der Waals surface area contributed by atoms with Crippen LogP contribution in [0.3, 0.4) is 0 Å². The molecule has 0 radical (unpaired) electrons. The highest BCUT2D eigenvalue weighted by molar-refractivity contribution is 5.98. The summed E-state index contributed by atoms with van der Waals surface area (Å²) in [6, 6.07) is 6.88. The second kappa shape index (κ2) is 9.77. The van der Waals surface area contributed by atoms with Crippen molar-refractivity contribution in [2.24, 2.45) is 0 Å². The van der Waals surface area contributed by atoms with E-state index < -0.39 is 18.6 Å². The number of benzene rings is 1. The molecular weight excluding hydrogens is 330 g/mol. The van der Waals surface area contributed by atoms with Crippen LogP contribution in [0.1, 0.15) is 32.3 Å². The Kier molecular flexibility index (Phi) is 7.41. The van der Waals surface area contributed by atoms with Gasteiger partial charge in [-0.1, -0.05) is 32.0 Å². The maximum absolute atomic E-state index is 12.5. The van der Waals surface area contributed by atoms with Gasteiger partial charge < -0.3 is 20.3 Å². The molecule has 2 rings (SSSR count). The number of hydrogen-bond acceptors (Lipinski definition) is 3. The van der Waals surface area contributed by atoms with Crippen molar-refractivity contribution in [1.29, 1.82) is 0 Å². The number of nitrogens with zero attached hydrogens (tertiary/aromatic N) is 1. The van der Waals surface area contributed by atoms with Gasteiger partial charge in [0.1, 0.15) is 6.04 Å². The smallest absolute Gasteiger partial charge is 0.247 e. The number of carbonyl (C=O) groups excluding carboxylic acids is 2. The monoisotopic (exact) mass is 357 g/mol. The molecule has 0 aliphatic heterocycles. The Morgan fingerprint density at radius 2 is 1.92 bits per heavy atom. The van der Waals surface area contributed by atoms with Gasteiger partial charge in [0.05, 0.1) is 6.61 Å². The molecule has 1 aromatic carbocycles. The molecule has 26 heavy (non-hydrogen) atoms. The van der Waals surface area contributed by atoms with Crippen molar-refractivity contribution in [3.63, 3.8) is 0 Å². The highest BCUT2D eigenvalue weighted by atomic mass is 16.3. The Morgan fingerprint density at radius 1 is 1.23 bits per heavy atom. The second-order valence-electron chi connectivity index (χ2n) is 6.19. The lowest BCUT2D eigenvalue weighted by Crippen LogP contribution is -2.50. The topological polar surface area (TPSA) is 85.4 Å². The van der Waals surface area contributed by atoms with Gasteiger partial charge in [-0.05, 0) is 30.5 Å². The van der Waals surface area contributed by atoms with Crippen molar-refractivity contribution in [1.82, 2.24) is 15.2 Å². The normalized spacial score (nSPS) is 12.4. The summed E-state index contributed by atoms with van der Waals surface area (Å²) >= 11 is 0. The summed E-state index contributed by atoms with van der Waals surface area (Å²) in [7, 11) is 0. The maximum atomic E-state index is 12.5. The fourth-order valence-electron chi connectivity index (χ4n) is 2.90. The van der Waals surface area contributed by atoms with Gasteiger partial charge >= 0.3 is 0 Å². The molecule has 6 heteroatoms. The molecule has 2 aromatic rings. The molecule has 1 atom stereocenters. The molecule has 140 valence electrons. The van der Waals surface area contributed by atoms with E-state index in [1.807, 2.05) is 44.3 Å². The number of aromatic nitrogens is 1. The van der Waals surface area contributed by atoms with Crippen LogP contribution in [0, 0.1) is 0 Å². The first-order chi connectivity index (χ1) is 12.6. The number of H-pyrrole nitrogens is 1. The van der Waals surface area contributed by atoms with E-state index >= 15 is 0 Å². The number of rotatable bonds is 9. The molecule has 0 aliphatic carbocycles. The van der Waals surface area contributed by atoms with Gasteiger partial charge in [0.2, 0.25) is 11.8 Å². The van der Waals surface area contributed by atoms with E-state index in [1.165, 1.54) is 6.08 Å². The zero-order valence-corrected chi connectivity index (χ0v) is 15.4. The lowest BCUT2D eigenvalue weighted by atomic mass is 10.1. The molecule has 0 saturated heterocycles. The SMILES string of the molecule is CCCN(CCC)C(=O)[C@H](CO)NC(=O)C=Cc1c[nH]c2ccccc12. The van der Waals surface area contributed by atoms with Crippen molar-refractivity contribution in [3.8, 4) is 0 Å². The van der Waals surface area contributed by atoms with Crippen LogP contribution >= 0.6 is 0 Å². The minimum absolute atomic E-state index is 0.245. The zero-order valence-electron chi connectivity index (χ0n) is 15.4. The number of aliphatic hydroxyl groups excluding tert-OH is 1. The minimum atomic E-state index is -0.923. The summed E-state index contributed by atoms with van der Waals surface area (Å²) in [4.78, 5) is 29.5. The predicted molar refractivity (Wildman–Crippen MR) is 104 cm³/mol. The first-order valence-electron chi connectivity index (χ1n) is 9.05. The Hall–Kier alpha value is -2.60. The van der Waals surface area contributed by atoms with Crippen LogP contribution in [-0.4, -0.2) is 52.5 Å². The Morgan fingerprint density at radius 3 is 2.58 bits per heavy atom. The van der Waals surface area contributed by atoms with E-state index in [2.05, 4.69) is 10.3 Å². The van der Waals surface area contributed by atoms with Crippen LogP contribution in [0.25, 0.3) is 17.0 Å². The number of aliphatic hydroxyl groups is 1. The summed E-state index contributed by atoms with van der Waals surface area (Å²) < 4.78 is 0. The maximum Gasteiger partial charge on any atom is 0.247 e. The molecular formula is C20H27N3O3. The molecule has 0 unspecified atom stereocenters. The Bertz CT molecular complexity index is 761. The van der Waals surface area contributed by atoms with Gasteiger partial charge in [-0.15, -0.1) is 0 Å². The Labute approximate surface area is 153 Å². The van der Waals surface area contributed by atoms with Gasteiger partial charge in [-0.2, -0.15) is 0 Å². The molecule has 0 aliphatic rings. The third kappa shape index (κ3) is 4.95. The molecule has 0 spiro atoms. The van der Waals surface area contributed by atoms with E-state index in [1.54, 1.807) is 11.0 Å². The zero-order chi connectivity index (χ0) is 18.9. The van der Waals surface area contributed by atoms with Crippen LogP contribution in [0.4, 0.5) is 0 Å². The van der Waals surface area contributed by atoms with E-state index in [4.69, 9.17) is 0 Å². The fraction of sp³-hybridized carbons (Fsp3) is 0.400. The highest BCUT2D eigenvalue weighted by Crippen LogP contribution is 2.18. The van der Waals surface area contributed by atoms with Gasteiger partial charge in [-0.25, -0.2) is 0 Å². The van der Waals surface area contributed by atoms with Gasteiger partial charge in [0, 0.05) is 36.3 Å². The lowest BCUT2D eigenvalue weighted by molar-refractivity contribution is -0.136. The van der Waals surface area contributed by atoms with Crippen LogP contribution in [-0.2, 0) is 9.59 Å². The molecule has 2 amide bonds. The molecule has 0 saturated carbocycles. The lowest BCUT2D eigenvalue weighted by Gasteiger charge is -2.26. The van der Waals surface area contributed by atoms with E-state index in [9.17, 15) is 14.7 Å². The van der Waals surface area contributed by atoms with E-state index in [0.29, 0.717) is 13.1 Å². The first-order valence-corrected chi connectivity index (χ1v) is 9.05. The van der Waals surface area contributed by atoms with Crippen LogP contribution in [0.15, 0.2) is 36.5 Å². The third-order valence-electron chi connectivity index (χ3n) is 4.13. The minimum Gasteiger partial charge on any atom is -0.394 e. The van der Waals surface area contributed by atoms with Gasteiger partial charge in [-0.3, -0.25) is 9.59 Å². The van der Waals surface area contributed by atoms with Crippen LogP contribution in [0.5, 0.6) is 0 Å². The average Bonchev–Trinajstić information content (AvgIpc) is 3.07. The number of carbonyl (C=O) groups is 2. The fourth-order valence-corrected chi connectivity index (χ4v) is 2.90. The summed E-state index contributed by atoms with van der Waals surface area (Å²) in [5, 5.41) is 13.1. The molecule has 1 aromatic heterocycles. The standard InChI is InChI=1S/C20H27N3O3/c1-3-11-23(12-4-2)20(26)18(14-24)22-19(25)10-9-15-13-21-17-8-6-5-7-16(15)17/h5-10,13,18,21,24H,3-4,11-12,14H2,1-2H3,(H,22,25)/t18-/m0/s1. The molecule has 1 heterocycles. The number of para-hydroxylation sites is 1. The molecule has 0 bridgehead atoms. The number of aromatic amines is 1. The van der Waals surface area contributed by atoms with Gasteiger partial charge in [0.25, 0.3) is 0 Å². The van der Waals surface area contributed by atoms with Crippen molar-refractivity contribution in [2.45, 2.75) is 32.7 Å². The third-order valence-corrected chi connectivity index (χ3v) is 4.13. The second-order valence-corrected chi connectivity index (χ2v) is 6.19. The number of amides is 2. The summed E-state index contributed by atoms with van der Waals surface area (Å²) in [6.07, 6.45) is 6.57. The van der Waals surface area contributed by atoms with E-state index in [-0.39, 0.29) is 5.91 Å². The summed E-state index contributed by atoms with van der Waals surface area (Å²) in [6.45, 7) is 4.79. The molecule has 0 fully saturated rings. The molecule has 3 N–H and O–H groups in total. The predicted octanol–water partition coefficient (Wildman–Crippen LogP) is 2.31.